The van der Waals surface area contributed by atoms with Crippen molar-refractivity contribution in [3.8, 4) is 0 Å². The van der Waals surface area contributed by atoms with Crippen LogP contribution in [-0.4, -0.2) is 18.1 Å². The van der Waals surface area contributed by atoms with Crippen LogP contribution in [0.25, 0.3) is 0 Å². The summed E-state index contributed by atoms with van der Waals surface area (Å²) in [4.78, 5) is 17.0. The van der Waals surface area contributed by atoms with E-state index in [1.165, 1.54) is 12.0 Å². The first-order valence-electron chi connectivity index (χ1n) is 5.96. The van der Waals surface area contributed by atoms with Gasteiger partial charge in [-0.1, -0.05) is 12.1 Å². The topological polar surface area (TPSA) is 65.2 Å². The van der Waals surface area contributed by atoms with Gasteiger partial charge < -0.3 is 10.5 Å². The van der Waals surface area contributed by atoms with Gasteiger partial charge in [-0.15, -0.1) is 11.3 Å². The molecule has 1 heterocycles. The van der Waals surface area contributed by atoms with Crippen molar-refractivity contribution in [3.05, 3.63) is 51.0 Å². The van der Waals surface area contributed by atoms with Crippen molar-refractivity contribution in [1.82, 2.24) is 4.98 Å². The van der Waals surface area contributed by atoms with Crippen molar-refractivity contribution in [1.29, 1.82) is 0 Å². The van der Waals surface area contributed by atoms with Crippen LogP contribution in [0.3, 0.4) is 0 Å². The highest BCUT2D eigenvalue weighted by atomic mass is 32.1. The number of ether oxygens (including phenoxy) is 1. The van der Waals surface area contributed by atoms with E-state index in [4.69, 9.17) is 5.73 Å². The lowest BCUT2D eigenvalue weighted by atomic mass is 10.1. The zero-order valence-electron chi connectivity index (χ0n) is 11.0. The summed E-state index contributed by atoms with van der Waals surface area (Å²) < 4.78 is 4.67. The molecule has 0 saturated carbocycles. The predicted molar refractivity (Wildman–Crippen MR) is 75.3 cm³/mol. The summed E-state index contributed by atoms with van der Waals surface area (Å²) in [6, 6.07) is 7.43. The van der Waals surface area contributed by atoms with E-state index >= 15 is 0 Å². The molecule has 0 saturated heterocycles. The van der Waals surface area contributed by atoms with Crippen molar-refractivity contribution in [2.75, 3.05) is 7.11 Å². The number of hydrogen-bond donors (Lipinski definition) is 1. The van der Waals surface area contributed by atoms with E-state index in [1.807, 2.05) is 19.1 Å². The highest BCUT2D eigenvalue weighted by Crippen LogP contribution is 2.21. The van der Waals surface area contributed by atoms with Crippen molar-refractivity contribution in [3.63, 3.8) is 0 Å². The van der Waals surface area contributed by atoms with E-state index in [2.05, 4.69) is 9.72 Å². The molecule has 19 heavy (non-hydrogen) atoms. The van der Waals surface area contributed by atoms with E-state index in [-0.39, 0.29) is 5.97 Å². The summed E-state index contributed by atoms with van der Waals surface area (Å²) in [7, 11) is 1.38. The maximum atomic E-state index is 11.3. The third-order valence-electron chi connectivity index (χ3n) is 2.85. The van der Waals surface area contributed by atoms with Crippen LogP contribution in [0.1, 0.15) is 31.5 Å². The summed E-state index contributed by atoms with van der Waals surface area (Å²) in [5.74, 6) is -0.314. The molecule has 0 atom stereocenters. The number of hydrogen-bond acceptors (Lipinski definition) is 5. The Labute approximate surface area is 116 Å². The zero-order valence-corrected chi connectivity index (χ0v) is 11.8. The van der Waals surface area contributed by atoms with E-state index in [1.54, 1.807) is 23.5 Å². The molecule has 4 nitrogen and oxygen atoms in total. The van der Waals surface area contributed by atoms with E-state index in [0.29, 0.717) is 12.1 Å². The van der Waals surface area contributed by atoms with E-state index < -0.39 is 0 Å². The number of thiazole rings is 1. The molecule has 0 aliphatic carbocycles. The number of methoxy groups -OCH3 is 1. The lowest BCUT2D eigenvalue weighted by molar-refractivity contribution is 0.0600. The minimum absolute atomic E-state index is 0.314. The van der Waals surface area contributed by atoms with Gasteiger partial charge in [-0.2, -0.15) is 0 Å². The van der Waals surface area contributed by atoms with Crippen molar-refractivity contribution >= 4 is 17.3 Å². The van der Waals surface area contributed by atoms with Gasteiger partial charge in [-0.3, -0.25) is 0 Å². The maximum Gasteiger partial charge on any atom is 0.337 e. The Morgan fingerprint density at radius 1 is 1.37 bits per heavy atom. The van der Waals surface area contributed by atoms with Crippen LogP contribution < -0.4 is 5.73 Å². The number of esters is 1. The lowest BCUT2D eigenvalue weighted by Crippen LogP contribution is -2.00. The number of aryl methyl sites for hydroxylation is 1. The van der Waals surface area contributed by atoms with Crippen molar-refractivity contribution < 1.29 is 9.53 Å². The molecule has 0 unspecified atom stereocenters. The van der Waals surface area contributed by atoms with Crippen LogP contribution >= 0.6 is 11.3 Å². The van der Waals surface area contributed by atoms with Crippen molar-refractivity contribution in [2.45, 2.75) is 19.9 Å². The normalized spacial score (nSPS) is 10.5. The fraction of sp³-hybridized carbons (Fsp3) is 0.286. The predicted octanol–water partition coefficient (Wildman–Crippen LogP) is 2.29. The lowest BCUT2D eigenvalue weighted by Gasteiger charge is -2.02. The summed E-state index contributed by atoms with van der Waals surface area (Å²) in [5.41, 5.74) is 8.33. The molecule has 0 aliphatic rings. The van der Waals surface area contributed by atoms with Crippen LogP contribution in [-0.2, 0) is 17.7 Å². The van der Waals surface area contributed by atoms with Gasteiger partial charge in [0, 0.05) is 17.8 Å². The number of benzene rings is 1. The van der Waals surface area contributed by atoms with Crippen LogP contribution in [0.2, 0.25) is 0 Å². The van der Waals surface area contributed by atoms with Crippen LogP contribution in [0.15, 0.2) is 24.3 Å². The summed E-state index contributed by atoms with van der Waals surface area (Å²) in [6.07, 6.45) is 0.810. The van der Waals surface area contributed by atoms with E-state index in [0.717, 1.165) is 22.7 Å². The molecule has 100 valence electrons. The van der Waals surface area contributed by atoms with Gasteiger partial charge in [0.2, 0.25) is 0 Å². The van der Waals surface area contributed by atoms with E-state index in [9.17, 15) is 4.79 Å². The Morgan fingerprint density at radius 2 is 2.05 bits per heavy atom. The van der Waals surface area contributed by atoms with Gasteiger partial charge >= 0.3 is 5.97 Å². The largest absolute Gasteiger partial charge is 0.465 e. The molecule has 2 N–H and O–H groups in total. The summed E-state index contributed by atoms with van der Waals surface area (Å²) in [5, 5.41) is 0.957. The molecule has 1 aromatic heterocycles. The van der Waals surface area contributed by atoms with Gasteiger partial charge in [-0.25, -0.2) is 9.78 Å². The molecule has 1 aromatic carbocycles. The van der Waals surface area contributed by atoms with Gasteiger partial charge in [0.1, 0.15) is 5.01 Å². The minimum Gasteiger partial charge on any atom is -0.465 e. The number of nitrogens with zero attached hydrogens (tertiary/aromatic N) is 1. The number of aromatic nitrogens is 1. The smallest absolute Gasteiger partial charge is 0.337 e. The second kappa shape index (κ2) is 5.95. The minimum atomic E-state index is -0.314. The number of nitrogens with two attached hydrogens (primary N) is 1. The summed E-state index contributed by atoms with van der Waals surface area (Å²) >= 11 is 1.64. The molecular weight excluding hydrogens is 260 g/mol. The van der Waals surface area contributed by atoms with Gasteiger partial charge in [0.25, 0.3) is 0 Å². The van der Waals surface area contributed by atoms with Gasteiger partial charge in [0.05, 0.1) is 18.4 Å². The van der Waals surface area contributed by atoms with Crippen molar-refractivity contribution in [2.24, 2.45) is 5.73 Å². The molecule has 0 amide bonds. The molecule has 0 aliphatic heterocycles. The first-order chi connectivity index (χ1) is 9.13. The third kappa shape index (κ3) is 3.19. The fourth-order valence-corrected chi connectivity index (χ4v) is 2.78. The molecule has 0 bridgehead atoms. The molecular formula is C14H16N2O2S. The van der Waals surface area contributed by atoms with Crippen LogP contribution in [0.4, 0.5) is 0 Å². The Kier molecular flexibility index (Phi) is 4.29. The first kappa shape index (κ1) is 13.7. The van der Waals surface area contributed by atoms with Crippen LogP contribution in [0.5, 0.6) is 0 Å². The molecule has 0 radical (unpaired) electrons. The monoisotopic (exact) mass is 276 g/mol. The van der Waals surface area contributed by atoms with Crippen LogP contribution in [0, 0.1) is 6.92 Å². The molecule has 0 fully saturated rings. The van der Waals surface area contributed by atoms with Gasteiger partial charge in [0.15, 0.2) is 0 Å². The Bertz CT molecular complexity index is 576. The molecule has 2 rings (SSSR count). The first-order valence-corrected chi connectivity index (χ1v) is 6.78. The quantitative estimate of drug-likeness (QED) is 0.870. The molecule has 5 heteroatoms. The average molecular weight is 276 g/mol. The standard InChI is InChI=1S/C14H16N2O2S/c1-9-12(19-13(8-15)16-9)7-10-3-5-11(6-4-10)14(17)18-2/h3-6H,7-8,15H2,1-2H3. The fourth-order valence-electron chi connectivity index (χ4n) is 1.80. The third-order valence-corrected chi connectivity index (χ3v) is 4.03. The Balaban J connectivity index is 2.14. The average Bonchev–Trinajstić information content (AvgIpc) is 2.79. The number of carbonyl (C=O) groups is 1. The number of carbonyl (C=O) groups excluding carboxylic acids is 1. The number of rotatable bonds is 4. The highest BCUT2D eigenvalue weighted by molar-refractivity contribution is 7.11. The van der Waals surface area contributed by atoms with Gasteiger partial charge in [-0.05, 0) is 24.6 Å². The zero-order chi connectivity index (χ0) is 13.8. The maximum absolute atomic E-state index is 11.3. The second-order valence-electron chi connectivity index (χ2n) is 4.19. The second-order valence-corrected chi connectivity index (χ2v) is 5.35. The highest BCUT2D eigenvalue weighted by Gasteiger charge is 2.09. The Morgan fingerprint density at radius 3 is 2.58 bits per heavy atom. The Hall–Kier alpha value is -1.72. The molecule has 2 aromatic rings. The SMILES string of the molecule is COC(=O)c1ccc(Cc2sc(CN)nc2C)cc1. The summed E-state index contributed by atoms with van der Waals surface area (Å²) in [6.45, 7) is 2.47. The molecule has 0 spiro atoms.